The number of esters is 1. The van der Waals surface area contributed by atoms with E-state index in [0.717, 1.165) is 6.07 Å². The highest BCUT2D eigenvalue weighted by Crippen LogP contribution is 2.32. The Kier molecular flexibility index (Phi) is 7.70. The molecule has 43 heavy (non-hydrogen) atoms. The molecule has 0 aliphatic heterocycles. The van der Waals surface area contributed by atoms with E-state index in [1.165, 1.54) is 43.5 Å². The number of aromatic nitrogens is 3. The summed E-state index contributed by atoms with van der Waals surface area (Å²) >= 11 is 0. The summed E-state index contributed by atoms with van der Waals surface area (Å²) < 4.78 is 51.1. The molecule has 9 nitrogen and oxygen atoms in total. The second-order valence-electron chi connectivity index (χ2n) is 10.1. The number of alkyl halides is 2. The zero-order valence-electron chi connectivity index (χ0n) is 23.1. The lowest BCUT2D eigenvalue weighted by molar-refractivity contribution is -0.0347. The molecule has 0 amide bonds. The fourth-order valence-corrected chi connectivity index (χ4v) is 5.08. The van der Waals surface area contributed by atoms with Crippen molar-refractivity contribution < 1.29 is 32.9 Å². The Morgan fingerprint density at radius 2 is 1.70 bits per heavy atom. The molecular weight excluding hydrogens is 567 g/mol. The Balaban J connectivity index is 1.67. The summed E-state index contributed by atoms with van der Waals surface area (Å²) in [5.74, 6) is -6.98. The maximum Gasteiger partial charge on any atom is 0.347 e. The average molecular weight is 594 g/mol. The summed E-state index contributed by atoms with van der Waals surface area (Å²) in [7, 11) is 0. The molecule has 0 bridgehead atoms. The van der Waals surface area contributed by atoms with Gasteiger partial charge in [-0.25, -0.2) is 18.0 Å². The van der Waals surface area contributed by atoms with Crippen LogP contribution >= 0.6 is 0 Å². The van der Waals surface area contributed by atoms with Gasteiger partial charge in [-0.15, -0.1) is 0 Å². The lowest BCUT2D eigenvalue weighted by Crippen LogP contribution is -2.39. The molecule has 2 N–H and O–H groups in total. The van der Waals surface area contributed by atoms with Crippen molar-refractivity contribution in [3.05, 3.63) is 110 Å². The monoisotopic (exact) mass is 593 g/mol. The van der Waals surface area contributed by atoms with Crippen molar-refractivity contribution >= 4 is 27.8 Å². The van der Waals surface area contributed by atoms with Crippen molar-refractivity contribution in [2.75, 3.05) is 6.61 Å². The van der Waals surface area contributed by atoms with E-state index in [4.69, 9.17) is 4.74 Å². The molecule has 3 aromatic heterocycles. The number of rotatable bonds is 8. The number of aromatic hydroxyl groups is 2. The molecular formula is C31H26F3N3O6. The molecule has 5 aromatic rings. The minimum atomic E-state index is -3.83. The molecule has 0 fully saturated rings. The zero-order valence-corrected chi connectivity index (χ0v) is 23.1. The summed E-state index contributed by atoms with van der Waals surface area (Å²) in [4.78, 5) is 43.1. The fraction of sp³-hybridized carbons (Fsp3) is 0.226. The molecule has 0 aliphatic carbocycles. The van der Waals surface area contributed by atoms with E-state index in [1.54, 1.807) is 25.1 Å². The Hall–Kier alpha value is -5.13. The van der Waals surface area contributed by atoms with Gasteiger partial charge < -0.3 is 14.9 Å². The predicted molar refractivity (Wildman–Crippen MR) is 152 cm³/mol. The third-order valence-electron chi connectivity index (χ3n) is 7.17. The molecule has 3 heterocycles. The van der Waals surface area contributed by atoms with Crippen molar-refractivity contribution in [1.82, 2.24) is 14.1 Å². The highest BCUT2D eigenvalue weighted by atomic mass is 19.3. The van der Waals surface area contributed by atoms with Gasteiger partial charge in [0.1, 0.15) is 11.3 Å². The lowest BCUT2D eigenvalue weighted by Gasteiger charge is -2.23. The third kappa shape index (κ3) is 5.55. The lowest BCUT2D eigenvalue weighted by atomic mass is 10.00. The second kappa shape index (κ2) is 11.3. The van der Waals surface area contributed by atoms with E-state index in [0.29, 0.717) is 31.2 Å². The number of halogens is 3. The van der Waals surface area contributed by atoms with Crippen LogP contribution in [0.5, 0.6) is 11.6 Å². The van der Waals surface area contributed by atoms with Gasteiger partial charge >= 0.3 is 5.97 Å². The number of ether oxygens (including phenoxy) is 1. The smallest absolute Gasteiger partial charge is 0.347 e. The van der Waals surface area contributed by atoms with Crippen molar-refractivity contribution in [2.45, 2.75) is 39.3 Å². The standard InChI is InChI=1S/C31H26F3N3O6/c1-3-43-30(42)24-27(39)25-26(17(2)20(14-35-25)12-18-8-10-21(32)11-9-18)37(29(24)41)16-31(33,34)15-36-23(38)13-19-6-4-5-7-22(19)28(36)40/h4-11,13-14,39-40H,3,12,15-16H2,1-2H3. The van der Waals surface area contributed by atoms with Crippen LogP contribution in [0.3, 0.4) is 0 Å². The molecule has 0 radical (unpaired) electrons. The molecule has 5 rings (SSSR count). The van der Waals surface area contributed by atoms with Crippen molar-refractivity contribution in [3.63, 3.8) is 0 Å². The number of hydrogen-bond acceptors (Lipinski definition) is 7. The highest BCUT2D eigenvalue weighted by molar-refractivity contribution is 5.99. The van der Waals surface area contributed by atoms with Gasteiger partial charge in [-0.1, -0.05) is 30.3 Å². The van der Waals surface area contributed by atoms with Gasteiger partial charge in [0.25, 0.3) is 17.0 Å². The van der Waals surface area contributed by atoms with Crippen LogP contribution in [0.1, 0.15) is 34.0 Å². The Morgan fingerprint density at radius 1 is 1.02 bits per heavy atom. The molecule has 12 heteroatoms. The van der Waals surface area contributed by atoms with Gasteiger partial charge in [0.05, 0.1) is 25.2 Å². The topological polar surface area (TPSA) is 124 Å². The van der Waals surface area contributed by atoms with Gasteiger partial charge in [0, 0.05) is 17.6 Å². The summed E-state index contributed by atoms with van der Waals surface area (Å²) in [6.45, 7) is 0.226. The maximum atomic E-state index is 15.8. The van der Waals surface area contributed by atoms with Gasteiger partial charge in [-0.3, -0.25) is 23.7 Å². The van der Waals surface area contributed by atoms with E-state index < -0.39 is 59.1 Å². The number of carbonyl (C=O) groups is 1. The van der Waals surface area contributed by atoms with Gasteiger partial charge in [-0.2, -0.15) is 0 Å². The van der Waals surface area contributed by atoms with Crippen molar-refractivity contribution in [3.8, 4) is 11.6 Å². The van der Waals surface area contributed by atoms with Gasteiger partial charge in [-0.05, 0) is 60.5 Å². The first kappa shape index (κ1) is 29.4. The van der Waals surface area contributed by atoms with E-state index in [-0.39, 0.29) is 29.4 Å². The Bertz CT molecular complexity index is 2000. The van der Waals surface area contributed by atoms with Gasteiger partial charge in [0.15, 0.2) is 11.3 Å². The molecule has 2 aromatic carbocycles. The number of carbonyl (C=O) groups excluding carboxylic acids is 1. The highest BCUT2D eigenvalue weighted by Gasteiger charge is 2.35. The van der Waals surface area contributed by atoms with Crippen LogP contribution in [0.15, 0.2) is 70.4 Å². The summed E-state index contributed by atoms with van der Waals surface area (Å²) in [5.41, 5.74) is -1.99. The minimum absolute atomic E-state index is 0.154. The number of aryl methyl sites for hydroxylation is 1. The van der Waals surface area contributed by atoms with Crippen LogP contribution < -0.4 is 11.1 Å². The number of nitrogens with zero attached hydrogens (tertiary/aromatic N) is 3. The normalized spacial score (nSPS) is 11.7. The van der Waals surface area contributed by atoms with E-state index in [1.807, 2.05) is 0 Å². The first-order valence-corrected chi connectivity index (χ1v) is 13.3. The number of pyridine rings is 3. The largest absolute Gasteiger partial charge is 0.505 e. The third-order valence-corrected chi connectivity index (χ3v) is 7.17. The molecule has 222 valence electrons. The Labute approximate surface area is 242 Å². The van der Waals surface area contributed by atoms with Crippen LogP contribution in [-0.4, -0.2) is 42.8 Å². The van der Waals surface area contributed by atoms with Crippen molar-refractivity contribution in [1.29, 1.82) is 0 Å². The first-order valence-electron chi connectivity index (χ1n) is 13.3. The summed E-state index contributed by atoms with van der Waals surface area (Å²) in [5, 5.41) is 22.1. The molecule has 0 atom stereocenters. The molecule has 0 aliphatic rings. The maximum absolute atomic E-state index is 15.8. The van der Waals surface area contributed by atoms with Crippen LogP contribution in [0.2, 0.25) is 0 Å². The molecule has 0 saturated carbocycles. The molecule has 0 unspecified atom stereocenters. The Morgan fingerprint density at radius 3 is 2.40 bits per heavy atom. The molecule has 0 spiro atoms. The van der Waals surface area contributed by atoms with Crippen LogP contribution in [0.25, 0.3) is 21.8 Å². The van der Waals surface area contributed by atoms with E-state index in [9.17, 15) is 29.0 Å². The van der Waals surface area contributed by atoms with Crippen molar-refractivity contribution in [2.24, 2.45) is 0 Å². The van der Waals surface area contributed by atoms with Crippen LogP contribution in [0.4, 0.5) is 13.2 Å². The number of fused-ring (bicyclic) bond motifs is 2. The van der Waals surface area contributed by atoms with E-state index in [2.05, 4.69) is 4.98 Å². The van der Waals surface area contributed by atoms with Crippen LogP contribution in [0, 0.1) is 12.7 Å². The minimum Gasteiger partial charge on any atom is -0.505 e. The number of benzene rings is 2. The fourth-order valence-electron chi connectivity index (χ4n) is 5.08. The molecule has 0 saturated heterocycles. The average Bonchev–Trinajstić information content (AvgIpc) is 2.96. The second-order valence-corrected chi connectivity index (χ2v) is 10.1. The first-order chi connectivity index (χ1) is 20.4. The quantitative estimate of drug-likeness (QED) is 0.251. The van der Waals surface area contributed by atoms with E-state index >= 15 is 8.78 Å². The van der Waals surface area contributed by atoms with Crippen LogP contribution in [-0.2, 0) is 24.2 Å². The predicted octanol–water partition coefficient (Wildman–Crippen LogP) is 4.67. The SMILES string of the molecule is CCOC(=O)c1c(O)c2ncc(Cc3ccc(F)cc3)c(C)c2n(CC(F)(F)Cn2c(O)c3ccccc3cc2=O)c1=O. The summed E-state index contributed by atoms with van der Waals surface area (Å²) in [6, 6.07) is 12.9. The summed E-state index contributed by atoms with van der Waals surface area (Å²) in [6.07, 6.45) is 1.57. The zero-order chi connectivity index (χ0) is 31.1. The number of hydrogen-bond donors (Lipinski definition) is 2. The van der Waals surface area contributed by atoms with Gasteiger partial charge in [0.2, 0.25) is 5.88 Å².